The topological polar surface area (TPSA) is 113 Å². The van der Waals surface area contributed by atoms with Crippen molar-refractivity contribution in [3.05, 3.63) is 86.7 Å². The molecule has 4 rings (SSSR count). The second-order valence-corrected chi connectivity index (χ2v) is 8.64. The fourth-order valence-electron chi connectivity index (χ4n) is 4.02. The zero-order valence-electron chi connectivity index (χ0n) is 20.1. The van der Waals surface area contributed by atoms with Gasteiger partial charge in [0.05, 0.1) is 42.4 Å². The Bertz CT molecular complexity index is 1420. The van der Waals surface area contributed by atoms with Crippen LogP contribution in [0.5, 0.6) is 28.7 Å². The van der Waals surface area contributed by atoms with Gasteiger partial charge in [-0.15, -0.1) is 0 Å². The van der Waals surface area contributed by atoms with Crippen LogP contribution in [0.1, 0.15) is 34.3 Å². The minimum atomic E-state index is -0.684. The summed E-state index contributed by atoms with van der Waals surface area (Å²) >= 11 is 12.3. The van der Waals surface area contributed by atoms with Gasteiger partial charge in [-0.3, -0.25) is 0 Å². The molecule has 1 aliphatic heterocycles. The molecule has 10 heteroatoms. The molecule has 0 aliphatic carbocycles. The first kappa shape index (κ1) is 26.0. The Morgan fingerprint density at radius 2 is 1.78 bits per heavy atom. The van der Waals surface area contributed by atoms with Gasteiger partial charge in [0.1, 0.15) is 23.1 Å². The lowest BCUT2D eigenvalue weighted by molar-refractivity contribution is 0.0734. The molecule has 2 N–H and O–H groups in total. The Kier molecular flexibility index (Phi) is 7.67. The molecule has 1 unspecified atom stereocenters. The fraction of sp³-hybridized carbons (Fsp3) is 0.185. The predicted molar refractivity (Wildman–Crippen MR) is 138 cm³/mol. The summed E-state index contributed by atoms with van der Waals surface area (Å²) in [6.07, 6.45) is 0. The second-order valence-electron chi connectivity index (χ2n) is 7.83. The van der Waals surface area contributed by atoms with Crippen LogP contribution in [-0.2, 0) is 0 Å². The summed E-state index contributed by atoms with van der Waals surface area (Å²) in [5, 5.41) is 10.2. The van der Waals surface area contributed by atoms with Crippen molar-refractivity contribution in [3.8, 4) is 34.8 Å². The van der Waals surface area contributed by atoms with E-state index < -0.39 is 11.9 Å². The Balaban J connectivity index is 1.69. The Hall–Kier alpha value is -4.06. The molecular formula is C27H22Cl2N2O6. The Morgan fingerprint density at radius 3 is 2.41 bits per heavy atom. The van der Waals surface area contributed by atoms with E-state index in [1.807, 2.05) is 13.0 Å². The monoisotopic (exact) mass is 540 g/mol. The van der Waals surface area contributed by atoms with Gasteiger partial charge in [0.25, 0.3) is 0 Å². The highest BCUT2D eigenvalue weighted by Gasteiger charge is 2.32. The van der Waals surface area contributed by atoms with Crippen LogP contribution in [0.4, 0.5) is 0 Å². The van der Waals surface area contributed by atoms with Gasteiger partial charge < -0.3 is 29.4 Å². The summed E-state index contributed by atoms with van der Waals surface area (Å²) < 4.78 is 27.5. The van der Waals surface area contributed by atoms with Crippen molar-refractivity contribution in [1.29, 1.82) is 5.26 Å². The number of nitrogens with zero attached hydrogens (tertiary/aromatic N) is 1. The molecule has 37 heavy (non-hydrogen) atoms. The number of carbonyl (C=O) groups is 1. The van der Waals surface area contributed by atoms with Gasteiger partial charge in [0, 0.05) is 11.6 Å². The van der Waals surface area contributed by atoms with Crippen molar-refractivity contribution in [2.24, 2.45) is 5.73 Å². The van der Waals surface area contributed by atoms with Crippen molar-refractivity contribution in [2.75, 3.05) is 20.8 Å². The van der Waals surface area contributed by atoms with Crippen LogP contribution in [0.2, 0.25) is 10.0 Å². The minimum Gasteiger partial charge on any atom is -0.494 e. The number of esters is 1. The molecule has 1 aliphatic rings. The van der Waals surface area contributed by atoms with E-state index in [4.69, 9.17) is 52.6 Å². The molecule has 1 atom stereocenters. The summed E-state index contributed by atoms with van der Waals surface area (Å²) in [6, 6.07) is 15.2. The van der Waals surface area contributed by atoms with Gasteiger partial charge in [-0.2, -0.15) is 5.26 Å². The first-order valence-corrected chi connectivity index (χ1v) is 11.8. The van der Waals surface area contributed by atoms with Crippen LogP contribution in [-0.4, -0.2) is 26.8 Å². The van der Waals surface area contributed by atoms with E-state index in [0.29, 0.717) is 29.4 Å². The second kappa shape index (κ2) is 10.9. The number of nitriles is 1. The average Bonchev–Trinajstić information content (AvgIpc) is 2.88. The lowest BCUT2D eigenvalue weighted by Gasteiger charge is -2.27. The van der Waals surface area contributed by atoms with Gasteiger partial charge in [-0.25, -0.2) is 4.79 Å². The van der Waals surface area contributed by atoms with E-state index in [1.165, 1.54) is 25.3 Å². The van der Waals surface area contributed by atoms with E-state index in [1.54, 1.807) is 31.4 Å². The zero-order valence-corrected chi connectivity index (χ0v) is 21.6. The SMILES string of the molecule is CCOc1ccc(C2C(C#N)=C(N)Oc3cc(OC(=O)c4cc(Cl)c(OC)c(Cl)c4)ccc32)cc1OC. The molecule has 0 amide bonds. The van der Waals surface area contributed by atoms with Crippen LogP contribution in [0.3, 0.4) is 0 Å². The maximum Gasteiger partial charge on any atom is 0.343 e. The van der Waals surface area contributed by atoms with Crippen LogP contribution >= 0.6 is 23.2 Å². The number of nitrogens with two attached hydrogens (primary N) is 1. The van der Waals surface area contributed by atoms with Gasteiger partial charge in [-0.1, -0.05) is 35.3 Å². The summed E-state index contributed by atoms with van der Waals surface area (Å²) in [6.45, 7) is 2.35. The molecule has 0 spiro atoms. The summed E-state index contributed by atoms with van der Waals surface area (Å²) in [5.41, 5.74) is 7.90. The number of methoxy groups -OCH3 is 2. The number of allylic oxidation sites excluding steroid dienone is 1. The predicted octanol–water partition coefficient (Wildman–Crippen LogP) is 5.85. The summed E-state index contributed by atoms with van der Waals surface area (Å²) in [5.74, 6) is 0.620. The smallest absolute Gasteiger partial charge is 0.343 e. The average molecular weight is 541 g/mol. The van der Waals surface area contributed by atoms with Crippen LogP contribution in [0.15, 0.2) is 60.0 Å². The first-order chi connectivity index (χ1) is 17.8. The third kappa shape index (κ3) is 5.10. The number of rotatable bonds is 7. The number of benzene rings is 3. The van der Waals surface area contributed by atoms with Gasteiger partial charge in [0.2, 0.25) is 5.88 Å². The highest BCUT2D eigenvalue weighted by atomic mass is 35.5. The number of halogens is 2. The first-order valence-electron chi connectivity index (χ1n) is 11.1. The maximum atomic E-state index is 12.8. The maximum absolute atomic E-state index is 12.8. The molecule has 1 heterocycles. The number of fused-ring (bicyclic) bond motifs is 1. The fourth-order valence-corrected chi connectivity index (χ4v) is 4.66. The van der Waals surface area contributed by atoms with Crippen LogP contribution in [0, 0.1) is 11.3 Å². The molecule has 0 radical (unpaired) electrons. The Morgan fingerprint density at radius 1 is 1.05 bits per heavy atom. The quantitative estimate of drug-likeness (QED) is 0.293. The third-order valence-corrected chi connectivity index (χ3v) is 6.22. The molecule has 0 aromatic heterocycles. The molecule has 0 fully saturated rings. The number of ether oxygens (including phenoxy) is 5. The number of hydrogen-bond acceptors (Lipinski definition) is 8. The number of hydrogen-bond donors (Lipinski definition) is 1. The zero-order chi connectivity index (χ0) is 26.7. The van der Waals surface area contributed by atoms with Crippen molar-refractivity contribution in [2.45, 2.75) is 12.8 Å². The molecule has 0 bridgehead atoms. The molecule has 3 aromatic rings. The highest BCUT2D eigenvalue weighted by molar-refractivity contribution is 6.37. The van der Waals surface area contributed by atoms with Crippen molar-refractivity contribution >= 4 is 29.2 Å². The van der Waals surface area contributed by atoms with E-state index in [0.717, 1.165) is 5.56 Å². The molecule has 0 saturated heterocycles. The number of carbonyl (C=O) groups excluding carboxylic acids is 1. The van der Waals surface area contributed by atoms with Crippen molar-refractivity contribution in [1.82, 2.24) is 0 Å². The van der Waals surface area contributed by atoms with Crippen molar-refractivity contribution < 1.29 is 28.5 Å². The summed E-state index contributed by atoms with van der Waals surface area (Å²) in [7, 11) is 2.96. The molecule has 8 nitrogen and oxygen atoms in total. The Labute approximate surface area is 223 Å². The molecule has 190 valence electrons. The van der Waals surface area contributed by atoms with Crippen LogP contribution < -0.4 is 29.4 Å². The normalized spacial score (nSPS) is 14.2. The van der Waals surface area contributed by atoms with E-state index in [-0.39, 0.29) is 38.6 Å². The van der Waals surface area contributed by atoms with Gasteiger partial charge in [0.15, 0.2) is 17.2 Å². The lowest BCUT2D eigenvalue weighted by atomic mass is 9.83. The van der Waals surface area contributed by atoms with Crippen molar-refractivity contribution in [3.63, 3.8) is 0 Å². The van der Waals surface area contributed by atoms with E-state index in [2.05, 4.69) is 6.07 Å². The molecular weight excluding hydrogens is 519 g/mol. The standard InChI is InChI=1S/C27H22Cl2N2O6/c1-4-35-21-8-5-14(11-23(21)33-2)24-17-7-6-16(12-22(17)37-26(31)18(24)13-30)36-27(32)15-9-19(28)25(34-3)20(29)10-15/h5-12,24H,4,31H2,1-3H3. The molecule has 0 saturated carbocycles. The van der Waals surface area contributed by atoms with Crippen LogP contribution in [0.25, 0.3) is 0 Å². The van der Waals surface area contributed by atoms with Gasteiger partial charge in [-0.05, 0) is 42.8 Å². The molecule has 3 aromatic carbocycles. The summed E-state index contributed by atoms with van der Waals surface area (Å²) in [4.78, 5) is 12.8. The minimum absolute atomic E-state index is 0.0509. The lowest BCUT2D eigenvalue weighted by Crippen LogP contribution is -2.21. The highest BCUT2D eigenvalue weighted by Crippen LogP contribution is 2.45. The van der Waals surface area contributed by atoms with Gasteiger partial charge >= 0.3 is 5.97 Å². The third-order valence-electron chi connectivity index (χ3n) is 5.66. The van der Waals surface area contributed by atoms with E-state index in [9.17, 15) is 10.1 Å². The van der Waals surface area contributed by atoms with E-state index >= 15 is 0 Å². The largest absolute Gasteiger partial charge is 0.494 e.